The largest absolute Gasteiger partial charge is 0.508 e. The van der Waals surface area contributed by atoms with E-state index in [4.69, 9.17) is 0 Å². The predicted molar refractivity (Wildman–Crippen MR) is 102 cm³/mol. The van der Waals surface area contributed by atoms with Crippen LogP contribution in [0.3, 0.4) is 0 Å². The maximum atomic E-state index is 9.70. The minimum absolute atomic E-state index is 0.0435. The van der Waals surface area contributed by atoms with Crippen molar-refractivity contribution in [2.24, 2.45) is 0 Å². The van der Waals surface area contributed by atoms with Crippen LogP contribution in [0.1, 0.15) is 23.0 Å². The van der Waals surface area contributed by atoms with Crippen molar-refractivity contribution in [1.82, 2.24) is 30.0 Å². The van der Waals surface area contributed by atoms with E-state index in [2.05, 4.69) is 44.5 Å². The molecule has 0 radical (unpaired) electrons. The van der Waals surface area contributed by atoms with Crippen molar-refractivity contribution in [3.05, 3.63) is 71.5 Å². The van der Waals surface area contributed by atoms with E-state index in [-0.39, 0.29) is 11.8 Å². The zero-order chi connectivity index (χ0) is 18.6. The first-order chi connectivity index (χ1) is 13.2. The van der Waals surface area contributed by atoms with E-state index in [1.165, 1.54) is 0 Å². The fourth-order valence-corrected chi connectivity index (χ4v) is 3.54. The first-order valence-electron chi connectivity index (χ1n) is 9.22. The molecule has 0 bridgehead atoms. The average Bonchev–Trinajstić information content (AvgIpc) is 3.13. The summed E-state index contributed by atoms with van der Waals surface area (Å²) in [6, 6.07) is 17.5. The number of rotatable bonds is 5. The highest BCUT2D eigenvalue weighted by molar-refractivity contribution is 5.31. The number of aromatic hydroxyl groups is 1. The fourth-order valence-electron chi connectivity index (χ4n) is 3.54. The van der Waals surface area contributed by atoms with Crippen molar-refractivity contribution >= 4 is 0 Å². The van der Waals surface area contributed by atoms with Gasteiger partial charge in [0.1, 0.15) is 5.75 Å². The van der Waals surface area contributed by atoms with Crippen LogP contribution >= 0.6 is 0 Å². The lowest BCUT2D eigenvalue weighted by Gasteiger charge is -2.37. The summed E-state index contributed by atoms with van der Waals surface area (Å²) >= 11 is 0. The molecule has 1 aliphatic rings. The van der Waals surface area contributed by atoms with Gasteiger partial charge in [0, 0.05) is 26.2 Å². The molecule has 7 heteroatoms. The summed E-state index contributed by atoms with van der Waals surface area (Å²) in [7, 11) is 2.15. The van der Waals surface area contributed by atoms with Gasteiger partial charge in [-0.05, 0) is 40.7 Å². The summed E-state index contributed by atoms with van der Waals surface area (Å²) in [6.45, 7) is 4.54. The molecule has 1 aromatic heterocycles. The fraction of sp³-hybridized carbons (Fsp3) is 0.350. The molecule has 1 fully saturated rings. The van der Waals surface area contributed by atoms with Crippen molar-refractivity contribution in [1.29, 1.82) is 0 Å². The third-order valence-electron chi connectivity index (χ3n) is 5.09. The Hall–Kier alpha value is -2.77. The number of hydrogen-bond acceptors (Lipinski definition) is 6. The van der Waals surface area contributed by atoms with Crippen LogP contribution in [0.15, 0.2) is 54.6 Å². The summed E-state index contributed by atoms with van der Waals surface area (Å²) in [5, 5.41) is 22.3. The number of phenols is 1. The molecule has 1 N–H and O–H groups in total. The Morgan fingerprint density at radius 3 is 2.37 bits per heavy atom. The molecular formula is C20H24N6O. The number of aromatic nitrogens is 4. The van der Waals surface area contributed by atoms with Crippen molar-refractivity contribution in [2.75, 3.05) is 33.2 Å². The second-order valence-corrected chi connectivity index (χ2v) is 7.01. The minimum atomic E-state index is -0.0435. The first-order valence-corrected chi connectivity index (χ1v) is 9.22. The summed E-state index contributed by atoms with van der Waals surface area (Å²) in [5.41, 5.74) is 2.25. The molecule has 0 aliphatic carbocycles. The lowest BCUT2D eigenvalue weighted by atomic mass is 10.0. The van der Waals surface area contributed by atoms with Crippen LogP contribution in [-0.4, -0.2) is 68.3 Å². The highest BCUT2D eigenvalue weighted by Crippen LogP contribution is 2.29. The van der Waals surface area contributed by atoms with Crippen LogP contribution in [0.2, 0.25) is 0 Å². The highest BCUT2D eigenvalue weighted by atomic mass is 16.3. The Morgan fingerprint density at radius 1 is 0.963 bits per heavy atom. The van der Waals surface area contributed by atoms with Gasteiger partial charge in [-0.3, -0.25) is 4.90 Å². The third-order valence-corrected chi connectivity index (χ3v) is 5.09. The lowest BCUT2D eigenvalue weighted by Crippen LogP contribution is -2.46. The molecule has 4 rings (SSSR count). The molecule has 27 heavy (non-hydrogen) atoms. The van der Waals surface area contributed by atoms with E-state index in [9.17, 15) is 5.11 Å². The maximum Gasteiger partial charge on any atom is 0.173 e. The Labute approximate surface area is 158 Å². The predicted octanol–water partition coefficient (Wildman–Crippen LogP) is 1.76. The summed E-state index contributed by atoms with van der Waals surface area (Å²) in [5.74, 6) is 1.09. The molecule has 1 atom stereocenters. The number of piperazine rings is 1. The van der Waals surface area contributed by atoms with Gasteiger partial charge in [-0.25, -0.2) is 4.68 Å². The van der Waals surface area contributed by atoms with E-state index in [0.29, 0.717) is 6.54 Å². The molecule has 7 nitrogen and oxygen atoms in total. The van der Waals surface area contributed by atoms with Gasteiger partial charge in [0.05, 0.1) is 12.6 Å². The van der Waals surface area contributed by atoms with Crippen LogP contribution in [0.25, 0.3) is 0 Å². The summed E-state index contributed by atoms with van der Waals surface area (Å²) in [6.07, 6.45) is 0. The van der Waals surface area contributed by atoms with Gasteiger partial charge in [0.15, 0.2) is 5.82 Å². The molecule has 1 unspecified atom stereocenters. The number of phenolic OH excluding ortho intramolecular Hbond substituents is 1. The van der Waals surface area contributed by atoms with Crippen molar-refractivity contribution in [3.63, 3.8) is 0 Å². The number of nitrogens with zero attached hydrogens (tertiary/aromatic N) is 6. The minimum Gasteiger partial charge on any atom is -0.508 e. The number of benzene rings is 2. The first kappa shape index (κ1) is 17.6. The quantitative estimate of drug-likeness (QED) is 0.744. The summed E-state index contributed by atoms with van der Waals surface area (Å²) in [4.78, 5) is 4.75. The number of likely N-dealkylation sites (N-methyl/N-ethyl adjacent to an activating group) is 1. The smallest absolute Gasteiger partial charge is 0.173 e. The monoisotopic (exact) mass is 364 g/mol. The summed E-state index contributed by atoms with van der Waals surface area (Å²) < 4.78 is 1.88. The number of tetrazole rings is 1. The SMILES string of the molecule is CN1CCN(C(c2ccc(O)cc2)c2nnnn2Cc2ccccc2)CC1. The Kier molecular flexibility index (Phi) is 5.13. The average molecular weight is 364 g/mol. The van der Waals surface area contributed by atoms with Crippen molar-refractivity contribution < 1.29 is 5.11 Å². The molecule has 0 amide bonds. The molecule has 140 valence electrons. The zero-order valence-electron chi connectivity index (χ0n) is 15.4. The molecular weight excluding hydrogens is 340 g/mol. The van der Waals surface area contributed by atoms with Crippen LogP contribution in [0.4, 0.5) is 0 Å². The standard InChI is InChI=1S/C20H24N6O/c1-24-11-13-25(14-12-24)19(17-7-9-18(27)10-8-17)20-21-22-23-26(20)15-16-5-3-2-4-6-16/h2-10,19,27H,11-15H2,1H3. The lowest BCUT2D eigenvalue weighted by molar-refractivity contribution is 0.121. The molecule has 3 aromatic rings. The van der Waals surface area contributed by atoms with E-state index in [1.54, 1.807) is 12.1 Å². The molecule has 1 aliphatic heterocycles. The van der Waals surface area contributed by atoms with Gasteiger partial charge in [-0.15, -0.1) is 5.10 Å². The molecule has 0 spiro atoms. The van der Waals surface area contributed by atoms with Gasteiger partial charge >= 0.3 is 0 Å². The van der Waals surface area contributed by atoms with Gasteiger partial charge in [0.25, 0.3) is 0 Å². The van der Waals surface area contributed by atoms with Gasteiger partial charge in [-0.2, -0.15) is 0 Å². The van der Waals surface area contributed by atoms with E-state index in [0.717, 1.165) is 43.1 Å². The topological polar surface area (TPSA) is 70.3 Å². The normalized spacial score (nSPS) is 17.1. The maximum absolute atomic E-state index is 9.70. The number of hydrogen-bond donors (Lipinski definition) is 1. The van der Waals surface area contributed by atoms with Crippen LogP contribution < -0.4 is 0 Å². The Bertz CT molecular complexity index is 856. The van der Waals surface area contributed by atoms with Gasteiger partial charge < -0.3 is 10.0 Å². The molecule has 2 heterocycles. The van der Waals surface area contributed by atoms with Gasteiger partial charge in [-0.1, -0.05) is 42.5 Å². The second kappa shape index (κ2) is 7.85. The van der Waals surface area contributed by atoms with Crippen LogP contribution in [-0.2, 0) is 6.54 Å². The van der Waals surface area contributed by atoms with Crippen molar-refractivity contribution in [3.8, 4) is 5.75 Å². The second-order valence-electron chi connectivity index (χ2n) is 7.01. The highest BCUT2D eigenvalue weighted by Gasteiger charge is 2.29. The molecule has 2 aromatic carbocycles. The van der Waals surface area contributed by atoms with Crippen LogP contribution in [0.5, 0.6) is 5.75 Å². The van der Waals surface area contributed by atoms with E-state index >= 15 is 0 Å². The molecule has 0 saturated carbocycles. The van der Waals surface area contributed by atoms with Crippen molar-refractivity contribution in [2.45, 2.75) is 12.6 Å². The Morgan fingerprint density at radius 2 is 1.67 bits per heavy atom. The van der Waals surface area contributed by atoms with Crippen LogP contribution in [0, 0.1) is 0 Å². The Balaban J connectivity index is 1.69. The van der Waals surface area contributed by atoms with Gasteiger partial charge in [0.2, 0.25) is 0 Å². The van der Waals surface area contributed by atoms with E-state index in [1.807, 2.05) is 35.0 Å². The molecule has 1 saturated heterocycles. The third kappa shape index (κ3) is 3.99. The zero-order valence-corrected chi connectivity index (χ0v) is 15.4. The van der Waals surface area contributed by atoms with E-state index < -0.39 is 0 Å².